The smallest absolute Gasteiger partial charge is 0.0272 e. The van der Waals surface area contributed by atoms with E-state index in [0.29, 0.717) is 12.6 Å². The first-order valence-electron chi connectivity index (χ1n) is 4.15. The molecule has 0 aliphatic rings. The second-order valence-corrected chi connectivity index (χ2v) is 3.16. The third-order valence-corrected chi connectivity index (χ3v) is 1.88. The van der Waals surface area contributed by atoms with Crippen LogP contribution in [0.3, 0.4) is 0 Å². The van der Waals surface area contributed by atoms with E-state index in [2.05, 4.69) is 38.9 Å². The molecule has 0 spiro atoms. The van der Waals surface area contributed by atoms with E-state index in [4.69, 9.17) is 5.73 Å². The Morgan fingerprint density at radius 1 is 1.55 bits per heavy atom. The van der Waals surface area contributed by atoms with E-state index in [1.165, 1.54) is 5.57 Å². The first-order chi connectivity index (χ1) is 5.11. The summed E-state index contributed by atoms with van der Waals surface area (Å²) in [6.07, 6.45) is 3.38. The Balaban J connectivity index is 4.06. The summed E-state index contributed by atoms with van der Waals surface area (Å²) in [5.74, 6) is 0. The third-order valence-electron chi connectivity index (χ3n) is 1.88. The van der Waals surface area contributed by atoms with Crippen molar-refractivity contribution in [1.82, 2.24) is 4.90 Å². The molecule has 11 heavy (non-hydrogen) atoms. The van der Waals surface area contributed by atoms with Crippen LogP contribution < -0.4 is 5.73 Å². The van der Waals surface area contributed by atoms with Gasteiger partial charge in [-0.25, -0.2) is 0 Å². The molecule has 0 bridgehead atoms. The second kappa shape index (κ2) is 5.33. The largest absolute Gasteiger partial charge is 0.327 e. The summed E-state index contributed by atoms with van der Waals surface area (Å²) >= 11 is 0. The third kappa shape index (κ3) is 4.17. The quantitative estimate of drug-likeness (QED) is 0.620. The van der Waals surface area contributed by atoms with E-state index in [0.717, 1.165) is 6.42 Å². The summed E-state index contributed by atoms with van der Waals surface area (Å²) in [6.45, 7) is 4.93. The van der Waals surface area contributed by atoms with Crippen molar-refractivity contribution in [2.75, 3.05) is 20.6 Å². The Bertz CT molecular complexity index is 128. The van der Waals surface area contributed by atoms with Crippen molar-refractivity contribution in [2.24, 2.45) is 5.73 Å². The molecule has 0 aromatic heterocycles. The minimum Gasteiger partial charge on any atom is -0.327 e. The van der Waals surface area contributed by atoms with Gasteiger partial charge in [-0.05, 0) is 27.4 Å². The first-order valence-corrected chi connectivity index (χ1v) is 4.15. The average Bonchev–Trinajstić information content (AvgIpc) is 1.99. The number of likely N-dealkylation sites (N-methyl/N-ethyl adjacent to an activating group) is 1. The van der Waals surface area contributed by atoms with Crippen molar-refractivity contribution in [3.05, 3.63) is 11.6 Å². The number of nitrogens with two attached hydrogens (primary N) is 1. The Morgan fingerprint density at radius 2 is 2.09 bits per heavy atom. The lowest BCUT2D eigenvalue weighted by atomic mass is 10.1. The summed E-state index contributed by atoms with van der Waals surface area (Å²) in [7, 11) is 4.18. The van der Waals surface area contributed by atoms with Gasteiger partial charge in [-0.1, -0.05) is 18.6 Å². The standard InChI is InChI=1S/C9H20N2/c1-5-9(11(3)4)6-8(2)7-10/h6,9H,5,7,10H2,1-4H3/b8-6-. The van der Waals surface area contributed by atoms with Crippen LogP contribution in [0.5, 0.6) is 0 Å². The minimum atomic E-state index is 0.540. The predicted molar refractivity (Wildman–Crippen MR) is 50.6 cm³/mol. The molecule has 0 saturated carbocycles. The lowest BCUT2D eigenvalue weighted by molar-refractivity contribution is 0.335. The van der Waals surface area contributed by atoms with Gasteiger partial charge in [0, 0.05) is 12.6 Å². The highest BCUT2D eigenvalue weighted by molar-refractivity contribution is 5.04. The molecule has 0 fully saturated rings. The molecule has 1 atom stereocenters. The SMILES string of the molecule is CCC(/C=C(/C)CN)N(C)C. The molecule has 0 aliphatic carbocycles. The van der Waals surface area contributed by atoms with Gasteiger partial charge in [0.25, 0.3) is 0 Å². The molecule has 0 amide bonds. The van der Waals surface area contributed by atoms with Crippen molar-refractivity contribution in [3.8, 4) is 0 Å². The molecule has 2 N–H and O–H groups in total. The molecule has 2 nitrogen and oxygen atoms in total. The molecule has 0 rings (SSSR count). The molecule has 1 unspecified atom stereocenters. The molecule has 0 aliphatic heterocycles. The first kappa shape index (κ1) is 10.7. The van der Waals surface area contributed by atoms with Crippen LogP contribution >= 0.6 is 0 Å². The monoisotopic (exact) mass is 156 g/mol. The van der Waals surface area contributed by atoms with Crippen LogP contribution in [0.2, 0.25) is 0 Å². The molecule has 0 heterocycles. The van der Waals surface area contributed by atoms with Crippen LogP contribution in [0, 0.1) is 0 Å². The Kier molecular flexibility index (Phi) is 5.16. The van der Waals surface area contributed by atoms with Crippen molar-refractivity contribution >= 4 is 0 Å². The number of rotatable bonds is 4. The molecular formula is C9H20N2. The van der Waals surface area contributed by atoms with Gasteiger partial charge < -0.3 is 10.6 Å². The summed E-state index contributed by atoms with van der Waals surface area (Å²) < 4.78 is 0. The maximum Gasteiger partial charge on any atom is 0.0272 e. The van der Waals surface area contributed by atoms with E-state index < -0.39 is 0 Å². The molecular weight excluding hydrogens is 136 g/mol. The van der Waals surface area contributed by atoms with Crippen LogP contribution in [-0.2, 0) is 0 Å². The van der Waals surface area contributed by atoms with Crippen LogP contribution in [0.15, 0.2) is 11.6 Å². The van der Waals surface area contributed by atoms with E-state index in [1.807, 2.05) is 0 Å². The van der Waals surface area contributed by atoms with Crippen LogP contribution in [-0.4, -0.2) is 31.6 Å². The average molecular weight is 156 g/mol. The predicted octanol–water partition coefficient (Wildman–Crippen LogP) is 1.23. The van der Waals surface area contributed by atoms with E-state index in [1.54, 1.807) is 0 Å². The maximum atomic E-state index is 5.49. The Labute approximate surface area is 70.1 Å². The van der Waals surface area contributed by atoms with Gasteiger partial charge in [0.05, 0.1) is 0 Å². The zero-order valence-corrected chi connectivity index (χ0v) is 8.09. The zero-order chi connectivity index (χ0) is 8.85. The number of hydrogen-bond donors (Lipinski definition) is 1. The summed E-state index contributed by atoms with van der Waals surface area (Å²) in [5, 5.41) is 0. The van der Waals surface area contributed by atoms with E-state index >= 15 is 0 Å². The van der Waals surface area contributed by atoms with Crippen molar-refractivity contribution in [3.63, 3.8) is 0 Å². The van der Waals surface area contributed by atoms with Gasteiger partial charge in [0.15, 0.2) is 0 Å². The normalized spacial score (nSPS) is 15.6. The fourth-order valence-electron chi connectivity index (χ4n) is 1.03. The van der Waals surface area contributed by atoms with Gasteiger partial charge in [-0.15, -0.1) is 0 Å². The van der Waals surface area contributed by atoms with Gasteiger partial charge in [0.2, 0.25) is 0 Å². The lowest BCUT2D eigenvalue weighted by Gasteiger charge is -2.19. The van der Waals surface area contributed by atoms with Crippen molar-refractivity contribution < 1.29 is 0 Å². The van der Waals surface area contributed by atoms with Gasteiger partial charge in [-0.2, -0.15) is 0 Å². The van der Waals surface area contributed by atoms with Crippen LogP contribution in [0.1, 0.15) is 20.3 Å². The van der Waals surface area contributed by atoms with Gasteiger partial charge in [0.1, 0.15) is 0 Å². The highest BCUT2D eigenvalue weighted by Crippen LogP contribution is 2.03. The summed E-state index contributed by atoms with van der Waals surface area (Å²) in [6, 6.07) is 0.540. The second-order valence-electron chi connectivity index (χ2n) is 3.16. The molecule has 0 aromatic rings. The van der Waals surface area contributed by atoms with Crippen LogP contribution in [0.4, 0.5) is 0 Å². The summed E-state index contributed by atoms with van der Waals surface area (Å²) in [4.78, 5) is 2.21. The van der Waals surface area contributed by atoms with Crippen molar-refractivity contribution in [1.29, 1.82) is 0 Å². The fraction of sp³-hybridized carbons (Fsp3) is 0.778. The molecule has 2 heteroatoms. The Morgan fingerprint density at radius 3 is 2.36 bits per heavy atom. The maximum absolute atomic E-state index is 5.49. The lowest BCUT2D eigenvalue weighted by Crippen LogP contribution is -2.25. The number of hydrogen-bond acceptors (Lipinski definition) is 2. The molecule has 66 valence electrons. The highest BCUT2D eigenvalue weighted by Gasteiger charge is 2.03. The van der Waals surface area contributed by atoms with Gasteiger partial charge in [-0.3, -0.25) is 0 Å². The van der Waals surface area contributed by atoms with Crippen LogP contribution in [0.25, 0.3) is 0 Å². The van der Waals surface area contributed by atoms with Crippen molar-refractivity contribution in [2.45, 2.75) is 26.3 Å². The summed E-state index contributed by atoms with van der Waals surface area (Å²) in [5.41, 5.74) is 6.76. The minimum absolute atomic E-state index is 0.540. The molecule has 0 aromatic carbocycles. The molecule has 0 saturated heterocycles. The topological polar surface area (TPSA) is 29.3 Å². The zero-order valence-electron chi connectivity index (χ0n) is 8.09. The van der Waals surface area contributed by atoms with E-state index in [-0.39, 0.29) is 0 Å². The van der Waals surface area contributed by atoms with Gasteiger partial charge >= 0.3 is 0 Å². The fourth-order valence-corrected chi connectivity index (χ4v) is 1.03. The Hall–Kier alpha value is -0.340. The number of nitrogens with zero attached hydrogens (tertiary/aromatic N) is 1. The highest BCUT2D eigenvalue weighted by atomic mass is 15.1. The van der Waals surface area contributed by atoms with E-state index in [9.17, 15) is 0 Å². The molecule has 0 radical (unpaired) electrons.